The minimum atomic E-state index is -0.920. The van der Waals surface area contributed by atoms with Gasteiger partial charge in [-0.05, 0) is 48.4 Å². The molecule has 0 bridgehead atoms. The highest BCUT2D eigenvalue weighted by Gasteiger charge is 2.43. The SMILES string of the molecule is CCC(SC1=Nc2ccccc2C2=NC(=O)C(CC(=O)NCc3ccc(F)cc3)N12)C(=O)Nc1cccc(OC)c1. The Hall–Kier alpha value is -4.51. The molecule has 2 unspecified atom stereocenters. The summed E-state index contributed by atoms with van der Waals surface area (Å²) >= 11 is 1.22. The monoisotopic (exact) mass is 573 g/mol. The molecule has 0 spiro atoms. The van der Waals surface area contributed by atoms with E-state index in [1.54, 1.807) is 48.4 Å². The number of methoxy groups -OCH3 is 1. The van der Waals surface area contributed by atoms with E-state index in [9.17, 15) is 18.8 Å². The van der Waals surface area contributed by atoms with Crippen LogP contribution in [0.3, 0.4) is 0 Å². The molecule has 2 aliphatic rings. The van der Waals surface area contributed by atoms with E-state index in [0.29, 0.717) is 40.1 Å². The Morgan fingerprint density at radius 3 is 2.61 bits per heavy atom. The molecule has 11 heteroatoms. The lowest BCUT2D eigenvalue weighted by Crippen LogP contribution is -2.46. The molecule has 0 saturated heterocycles. The zero-order valence-corrected chi connectivity index (χ0v) is 23.3. The maximum atomic E-state index is 13.3. The van der Waals surface area contributed by atoms with E-state index in [4.69, 9.17) is 9.73 Å². The number of fused-ring (bicyclic) bond motifs is 3. The van der Waals surface area contributed by atoms with E-state index in [0.717, 1.165) is 5.56 Å². The van der Waals surface area contributed by atoms with Gasteiger partial charge < -0.3 is 15.4 Å². The Kier molecular flexibility index (Phi) is 8.44. The van der Waals surface area contributed by atoms with Gasteiger partial charge in [-0.1, -0.05) is 49.0 Å². The third-order valence-corrected chi connectivity index (χ3v) is 7.97. The van der Waals surface area contributed by atoms with Crippen molar-refractivity contribution in [2.24, 2.45) is 9.98 Å². The number of aliphatic imine (C=N–C) groups is 2. The molecule has 2 N–H and O–H groups in total. The summed E-state index contributed by atoms with van der Waals surface area (Å²) in [4.78, 5) is 50.1. The number of carbonyl (C=O) groups excluding carboxylic acids is 3. The van der Waals surface area contributed by atoms with Crippen LogP contribution in [-0.4, -0.2) is 52.0 Å². The summed E-state index contributed by atoms with van der Waals surface area (Å²) in [6.45, 7) is 2.08. The van der Waals surface area contributed by atoms with Crippen LogP contribution >= 0.6 is 11.8 Å². The largest absolute Gasteiger partial charge is 0.497 e. The van der Waals surface area contributed by atoms with Crippen molar-refractivity contribution in [3.05, 3.63) is 89.7 Å². The van der Waals surface area contributed by atoms with E-state index in [1.165, 1.54) is 23.9 Å². The third-order valence-electron chi connectivity index (χ3n) is 6.64. The number of hydrogen-bond acceptors (Lipinski definition) is 7. The van der Waals surface area contributed by atoms with Gasteiger partial charge in [0.1, 0.15) is 23.4 Å². The molecule has 2 aliphatic heterocycles. The lowest BCUT2D eigenvalue weighted by atomic mass is 10.1. The minimum Gasteiger partial charge on any atom is -0.497 e. The maximum Gasteiger partial charge on any atom is 0.271 e. The predicted octanol–water partition coefficient (Wildman–Crippen LogP) is 4.65. The van der Waals surface area contributed by atoms with Crippen molar-refractivity contribution in [3.8, 4) is 5.75 Å². The second-order valence-electron chi connectivity index (χ2n) is 9.41. The predicted molar refractivity (Wildman–Crippen MR) is 157 cm³/mol. The summed E-state index contributed by atoms with van der Waals surface area (Å²) in [5.74, 6) is -0.398. The van der Waals surface area contributed by atoms with Crippen LogP contribution in [0.1, 0.15) is 30.9 Å². The summed E-state index contributed by atoms with van der Waals surface area (Å²) in [7, 11) is 1.56. The van der Waals surface area contributed by atoms with Crippen LogP contribution in [0.15, 0.2) is 82.8 Å². The summed E-state index contributed by atoms with van der Waals surface area (Å²) in [5, 5.41) is 5.58. The highest BCUT2D eigenvalue weighted by Crippen LogP contribution is 2.36. The summed E-state index contributed by atoms with van der Waals surface area (Å²) in [6, 6.07) is 19.3. The number of benzene rings is 3. The van der Waals surface area contributed by atoms with E-state index < -0.39 is 17.2 Å². The van der Waals surface area contributed by atoms with Gasteiger partial charge in [0.05, 0.1) is 24.5 Å². The molecule has 2 heterocycles. The molecule has 2 atom stereocenters. The zero-order chi connectivity index (χ0) is 28.9. The van der Waals surface area contributed by atoms with Gasteiger partial charge in [-0.25, -0.2) is 9.38 Å². The molecular weight excluding hydrogens is 545 g/mol. The second-order valence-corrected chi connectivity index (χ2v) is 10.6. The van der Waals surface area contributed by atoms with Crippen LogP contribution in [0, 0.1) is 5.82 Å². The first kappa shape index (κ1) is 28.0. The van der Waals surface area contributed by atoms with Crippen LogP contribution in [0.25, 0.3) is 0 Å². The molecule has 3 amide bonds. The van der Waals surface area contributed by atoms with Crippen molar-refractivity contribution in [1.29, 1.82) is 0 Å². The molecule has 0 saturated carbocycles. The molecule has 3 aromatic carbocycles. The lowest BCUT2D eigenvalue weighted by Gasteiger charge is -2.32. The van der Waals surface area contributed by atoms with Crippen molar-refractivity contribution in [2.75, 3.05) is 12.4 Å². The van der Waals surface area contributed by atoms with Gasteiger partial charge in [0.15, 0.2) is 5.17 Å². The van der Waals surface area contributed by atoms with Gasteiger partial charge >= 0.3 is 0 Å². The molecule has 0 fully saturated rings. The first-order valence-corrected chi connectivity index (χ1v) is 14.0. The second kappa shape index (κ2) is 12.3. The van der Waals surface area contributed by atoms with E-state index in [2.05, 4.69) is 15.6 Å². The Morgan fingerprint density at radius 1 is 1.07 bits per heavy atom. The lowest BCUT2D eigenvalue weighted by molar-refractivity contribution is -0.126. The highest BCUT2D eigenvalue weighted by atomic mass is 32.2. The van der Waals surface area contributed by atoms with Crippen molar-refractivity contribution in [3.63, 3.8) is 0 Å². The molecule has 0 aromatic heterocycles. The Balaban J connectivity index is 1.35. The summed E-state index contributed by atoms with van der Waals surface area (Å²) < 4.78 is 18.5. The topological polar surface area (TPSA) is 112 Å². The highest BCUT2D eigenvalue weighted by molar-refractivity contribution is 8.15. The number of para-hydroxylation sites is 1. The normalized spacial score (nSPS) is 16.2. The number of hydrogen-bond donors (Lipinski definition) is 2. The fraction of sp³-hybridized carbons (Fsp3) is 0.233. The first-order chi connectivity index (χ1) is 19.9. The number of nitrogens with one attached hydrogen (secondary N) is 2. The molecule has 210 valence electrons. The Bertz CT molecular complexity index is 1540. The number of carbonyl (C=O) groups is 3. The fourth-order valence-electron chi connectivity index (χ4n) is 4.51. The van der Waals surface area contributed by atoms with Gasteiger partial charge in [-0.2, -0.15) is 4.99 Å². The van der Waals surface area contributed by atoms with Crippen LogP contribution < -0.4 is 15.4 Å². The number of anilines is 1. The Morgan fingerprint density at radius 2 is 1.85 bits per heavy atom. The van der Waals surface area contributed by atoms with Crippen molar-refractivity contribution < 1.29 is 23.5 Å². The number of halogens is 1. The molecular formula is C30H28FN5O4S. The third kappa shape index (κ3) is 6.30. The summed E-state index contributed by atoms with van der Waals surface area (Å²) in [6.07, 6.45) is 0.319. The molecule has 5 rings (SSSR count). The van der Waals surface area contributed by atoms with Crippen LogP contribution in [0.4, 0.5) is 15.8 Å². The summed E-state index contributed by atoms with van der Waals surface area (Å²) in [5.41, 5.74) is 2.63. The number of ether oxygens (including phenoxy) is 1. The first-order valence-electron chi connectivity index (χ1n) is 13.1. The maximum absolute atomic E-state index is 13.3. The molecule has 0 radical (unpaired) electrons. The van der Waals surface area contributed by atoms with E-state index in [1.807, 2.05) is 31.2 Å². The van der Waals surface area contributed by atoms with Crippen molar-refractivity contribution in [2.45, 2.75) is 37.6 Å². The fourth-order valence-corrected chi connectivity index (χ4v) is 5.57. The van der Waals surface area contributed by atoms with Crippen LogP contribution in [0.2, 0.25) is 0 Å². The van der Waals surface area contributed by atoms with Crippen LogP contribution in [0.5, 0.6) is 5.75 Å². The van der Waals surface area contributed by atoms with Gasteiger partial charge in [-0.15, -0.1) is 0 Å². The van der Waals surface area contributed by atoms with E-state index in [-0.39, 0.29) is 30.6 Å². The van der Waals surface area contributed by atoms with Gasteiger partial charge in [-0.3, -0.25) is 19.3 Å². The standard InChI is InChI=1S/C30H28FN5O4S/c1-3-25(29(39)33-20-7-6-8-21(15-20)40-2)41-30-34-23-10-5-4-9-22(23)27-35-28(38)24(36(27)30)16-26(37)32-17-18-11-13-19(31)14-12-18/h4-15,24-25H,3,16-17H2,1-2H3,(H,32,37)(H,33,39). The average Bonchev–Trinajstić information content (AvgIpc) is 3.31. The number of amidine groups is 2. The quantitative estimate of drug-likeness (QED) is 0.386. The molecule has 9 nitrogen and oxygen atoms in total. The Labute approximate surface area is 240 Å². The van der Waals surface area contributed by atoms with Gasteiger partial charge in [0.25, 0.3) is 5.91 Å². The number of rotatable bonds is 9. The van der Waals surface area contributed by atoms with Crippen LogP contribution in [-0.2, 0) is 20.9 Å². The van der Waals surface area contributed by atoms with Crippen molar-refractivity contribution >= 4 is 51.9 Å². The van der Waals surface area contributed by atoms with Gasteiger partial charge in [0.2, 0.25) is 11.8 Å². The van der Waals surface area contributed by atoms with Crippen molar-refractivity contribution in [1.82, 2.24) is 10.2 Å². The number of nitrogens with zero attached hydrogens (tertiary/aromatic N) is 3. The molecule has 41 heavy (non-hydrogen) atoms. The van der Waals surface area contributed by atoms with Gasteiger partial charge in [0, 0.05) is 23.9 Å². The zero-order valence-electron chi connectivity index (χ0n) is 22.5. The number of thioether (sulfide) groups is 1. The average molecular weight is 574 g/mol. The number of amides is 3. The minimum absolute atomic E-state index is 0.165. The molecule has 3 aromatic rings. The molecule has 0 aliphatic carbocycles. The van der Waals surface area contributed by atoms with E-state index >= 15 is 0 Å². The smallest absolute Gasteiger partial charge is 0.271 e.